The number of hydrogen-bond donors (Lipinski definition) is 1. The van der Waals surface area contributed by atoms with E-state index in [-0.39, 0.29) is 17.4 Å². The molecule has 0 unspecified atom stereocenters. The molecule has 0 radical (unpaired) electrons. The fraction of sp³-hybridized carbons (Fsp3) is 0.360. The number of rotatable bonds is 9. The Morgan fingerprint density at radius 2 is 1.72 bits per heavy atom. The van der Waals surface area contributed by atoms with Gasteiger partial charge in [0, 0.05) is 18.7 Å². The number of Topliss-reactive ketones (excluding diaryl/α,β-unsaturated/α-hetero) is 1. The third-order valence-corrected chi connectivity index (χ3v) is 5.31. The Morgan fingerprint density at radius 1 is 1.03 bits per heavy atom. The molecule has 1 N–H and O–H groups in total. The smallest absolute Gasteiger partial charge is 0.295 e. The zero-order valence-corrected chi connectivity index (χ0v) is 18.8. The van der Waals surface area contributed by atoms with Gasteiger partial charge in [-0.2, -0.15) is 0 Å². The van der Waals surface area contributed by atoms with Crippen molar-refractivity contribution in [2.75, 3.05) is 27.4 Å². The molecule has 0 saturated carbocycles. The van der Waals surface area contributed by atoms with E-state index in [0.29, 0.717) is 42.2 Å². The Bertz CT molecular complexity index is 999. The SMILES string of the molecule is COc1ccc([C@H]2C(=C(O)c3ccccc3)C(=O)C(=O)N2CCCOC(C)C)cc1OC. The van der Waals surface area contributed by atoms with Crippen LogP contribution in [0.3, 0.4) is 0 Å². The Labute approximate surface area is 188 Å². The molecule has 2 aromatic carbocycles. The van der Waals surface area contributed by atoms with Gasteiger partial charge in [-0.3, -0.25) is 9.59 Å². The Hall–Kier alpha value is -3.32. The maximum Gasteiger partial charge on any atom is 0.295 e. The van der Waals surface area contributed by atoms with E-state index in [2.05, 4.69) is 0 Å². The van der Waals surface area contributed by atoms with Gasteiger partial charge in [-0.05, 0) is 38.0 Å². The Balaban J connectivity index is 2.07. The average Bonchev–Trinajstić information content (AvgIpc) is 3.06. The monoisotopic (exact) mass is 439 g/mol. The van der Waals surface area contributed by atoms with E-state index in [9.17, 15) is 14.7 Å². The van der Waals surface area contributed by atoms with Gasteiger partial charge in [-0.15, -0.1) is 0 Å². The molecule has 0 aliphatic carbocycles. The number of methoxy groups -OCH3 is 2. The third kappa shape index (κ3) is 4.78. The highest BCUT2D eigenvalue weighted by molar-refractivity contribution is 6.46. The summed E-state index contributed by atoms with van der Waals surface area (Å²) in [5, 5.41) is 11.0. The first-order chi connectivity index (χ1) is 15.4. The fourth-order valence-electron chi connectivity index (χ4n) is 3.79. The molecule has 0 spiro atoms. The van der Waals surface area contributed by atoms with E-state index in [0.717, 1.165) is 0 Å². The molecule has 1 saturated heterocycles. The van der Waals surface area contributed by atoms with Gasteiger partial charge in [0.1, 0.15) is 5.76 Å². The topological polar surface area (TPSA) is 85.3 Å². The molecule has 7 heteroatoms. The highest BCUT2D eigenvalue weighted by atomic mass is 16.5. The number of hydrogen-bond acceptors (Lipinski definition) is 6. The number of carbonyl (C=O) groups excluding carboxylic acids is 2. The first-order valence-corrected chi connectivity index (χ1v) is 10.6. The molecule has 1 amide bonds. The van der Waals surface area contributed by atoms with Crippen LogP contribution in [0.5, 0.6) is 11.5 Å². The van der Waals surface area contributed by atoms with Gasteiger partial charge in [0.2, 0.25) is 0 Å². The van der Waals surface area contributed by atoms with Crippen LogP contribution in [0, 0.1) is 0 Å². The van der Waals surface area contributed by atoms with Crippen molar-refractivity contribution in [2.24, 2.45) is 0 Å². The second-order valence-corrected chi connectivity index (χ2v) is 7.75. The maximum atomic E-state index is 13.0. The minimum atomic E-state index is -0.755. The van der Waals surface area contributed by atoms with Crippen molar-refractivity contribution in [1.82, 2.24) is 4.90 Å². The largest absolute Gasteiger partial charge is 0.507 e. The number of aliphatic hydroxyl groups is 1. The van der Waals surface area contributed by atoms with Gasteiger partial charge in [-0.25, -0.2) is 0 Å². The summed E-state index contributed by atoms with van der Waals surface area (Å²) in [4.78, 5) is 27.5. The first-order valence-electron chi connectivity index (χ1n) is 10.6. The van der Waals surface area contributed by atoms with Crippen LogP contribution < -0.4 is 9.47 Å². The van der Waals surface area contributed by atoms with Crippen molar-refractivity contribution in [3.63, 3.8) is 0 Å². The number of carbonyl (C=O) groups is 2. The summed E-state index contributed by atoms with van der Waals surface area (Å²) in [7, 11) is 3.06. The molecule has 1 atom stereocenters. The van der Waals surface area contributed by atoms with Crippen molar-refractivity contribution in [1.29, 1.82) is 0 Å². The second kappa shape index (κ2) is 10.3. The second-order valence-electron chi connectivity index (χ2n) is 7.75. The number of nitrogens with zero attached hydrogens (tertiary/aromatic N) is 1. The van der Waals surface area contributed by atoms with Gasteiger partial charge < -0.3 is 24.2 Å². The quantitative estimate of drug-likeness (QED) is 0.276. The molecule has 1 fully saturated rings. The molecule has 7 nitrogen and oxygen atoms in total. The van der Waals surface area contributed by atoms with E-state index in [1.54, 1.807) is 42.5 Å². The van der Waals surface area contributed by atoms with Gasteiger partial charge in [-0.1, -0.05) is 36.4 Å². The summed E-state index contributed by atoms with van der Waals surface area (Å²) in [5.74, 6) is -0.563. The number of ketones is 1. The lowest BCUT2D eigenvalue weighted by atomic mass is 9.95. The number of likely N-dealkylation sites (tertiary alicyclic amines) is 1. The van der Waals surface area contributed by atoms with Crippen LogP contribution in [0.2, 0.25) is 0 Å². The fourth-order valence-corrected chi connectivity index (χ4v) is 3.79. The molecule has 32 heavy (non-hydrogen) atoms. The van der Waals surface area contributed by atoms with Gasteiger partial charge in [0.15, 0.2) is 11.5 Å². The van der Waals surface area contributed by atoms with Gasteiger partial charge in [0.25, 0.3) is 11.7 Å². The predicted octanol–water partition coefficient (Wildman–Crippen LogP) is 3.94. The van der Waals surface area contributed by atoms with Crippen LogP contribution >= 0.6 is 0 Å². The van der Waals surface area contributed by atoms with Crippen LogP contribution in [0.25, 0.3) is 5.76 Å². The highest BCUT2D eigenvalue weighted by Gasteiger charge is 2.46. The number of benzene rings is 2. The summed E-state index contributed by atoms with van der Waals surface area (Å²) in [6, 6.07) is 13.2. The van der Waals surface area contributed by atoms with Gasteiger partial charge >= 0.3 is 0 Å². The highest BCUT2D eigenvalue weighted by Crippen LogP contribution is 2.41. The van der Waals surface area contributed by atoms with Gasteiger partial charge in [0.05, 0.1) is 31.9 Å². The lowest BCUT2D eigenvalue weighted by Crippen LogP contribution is -2.31. The lowest BCUT2D eigenvalue weighted by molar-refractivity contribution is -0.140. The number of ether oxygens (including phenoxy) is 3. The van der Waals surface area contributed by atoms with E-state index in [1.165, 1.54) is 19.1 Å². The predicted molar refractivity (Wildman–Crippen MR) is 121 cm³/mol. The molecule has 1 aliphatic heterocycles. The molecular weight excluding hydrogens is 410 g/mol. The Kier molecular flexibility index (Phi) is 7.53. The van der Waals surface area contributed by atoms with Crippen LogP contribution in [0.1, 0.15) is 37.4 Å². The molecule has 0 bridgehead atoms. The molecule has 1 aliphatic rings. The van der Waals surface area contributed by atoms with E-state index < -0.39 is 17.7 Å². The average molecular weight is 440 g/mol. The van der Waals surface area contributed by atoms with Crippen LogP contribution in [0.4, 0.5) is 0 Å². The molecular formula is C25H29NO6. The first kappa shape index (κ1) is 23.3. The van der Waals surface area contributed by atoms with Crippen molar-refractivity contribution < 1.29 is 28.9 Å². The molecule has 3 rings (SSSR count). The summed E-state index contributed by atoms with van der Waals surface area (Å²) < 4.78 is 16.3. The normalized spacial score (nSPS) is 17.8. The zero-order chi connectivity index (χ0) is 23.3. The summed E-state index contributed by atoms with van der Waals surface area (Å²) in [5.41, 5.74) is 1.17. The van der Waals surface area contributed by atoms with Crippen LogP contribution in [0.15, 0.2) is 54.1 Å². The standard InChI is InChI=1S/C25H29NO6/c1-16(2)32-14-8-13-26-22(18-11-12-19(30-3)20(15-18)31-4)21(24(28)25(26)29)23(27)17-9-6-5-7-10-17/h5-7,9-12,15-16,22,27H,8,13-14H2,1-4H3/t22-/m0/s1. The van der Waals surface area contributed by atoms with E-state index >= 15 is 0 Å². The van der Waals surface area contributed by atoms with Crippen molar-refractivity contribution in [3.8, 4) is 11.5 Å². The van der Waals surface area contributed by atoms with Crippen molar-refractivity contribution >= 4 is 17.4 Å². The van der Waals surface area contributed by atoms with Crippen LogP contribution in [-0.2, 0) is 14.3 Å². The molecule has 0 aromatic heterocycles. The van der Waals surface area contributed by atoms with Crippen molar-refractivity contribution in [3.05, 3.63) is 65.2 Å². The summed E-state index contributed by atoms with van der Waals surface area (Å²) in [6.07, 6.45) is 0.630. The minimum Gasteiger partial charge on any atom is -0.507 e. The molecule has 2 aromatic rings. The maximum absolute atomic E-state index is 13.0. The minimum absolute atomic E-state index is 0.0539. The molecule has 1 heterocycles. The van der Waals surface area contributed by atoms with E-state index in [1.807, 2.05) is 19.9 Å². The van der Waals surface area contributed by atoms with Crippen molar-refractivity contribution in [2.45, 2.75) is 32.4 Å². The van der Waals surface area contributed by atoms with E-state index in [4.69, 9.17) is 14.2 Å². The Morgan fingerprint density at radius 3 is 2.34 bits per heavy atom. The zero-order valence-electron chi connectivity index (χ0n) is 18.8. The molecule has 170 valence electrons. The van der Waals surface area contributed by atoms with Crippen LogP contribution in [-0.4, -0.2) is 55.2 Å². The number of aliphatic hydroxyl groups excluding tert-OH is 1. The summed E-state index contributed by atoms with van der Waals surface area (Å²) >= 11 is 0. The summed E-state index contributed by atoms with van der Waals surface area (Å²) in [6.45, 7) is 4.64. The number of amides is 1. The third-order valence-electron chi connectivity index (χ3n) is 5.31. The lowest BCUT2D eigenvalue weighted by Gasteiger charge is -2.26.